The van der Waals surface area contributed by atoms with Crippen molar-refractivity contribution in [1.29, 1.82) is 0 Å². The highest BCUT2D eigenvalue weighted by Gasteiger charge is 2.44. The van der Waals surface area contributed by atoms with Crippen LogP contribution in [0.15, 0.2) is 42.5 Å². The summed E-state index contributed by atoms with van der Waals surface area (Å²) in [6.07, 6.45) is -3.05. The fraction of sp³-hybridized carbons (Fsp3) is 0.350. The molecule has 27 heavy (non-hydrogen) atoms. The number of rotatable bonds is 3. The van der Waals surface area contributed by atoms with Crippen molar-refractivity contribution in [2.45, 2.75) is 24.9 Å². The van der Waals surface area contributed by atoms with Crippen LogP contribution >= 0.6 is 0 Å². The maximum absolute atomic E-state index is 12.9. The van der Waals surface area contributed by atoms with E-state index in [0.29, 0.717) is 42.4 Å². The average Bonchev–Trinajstić information content (AvgIpc) is 3.45. The Morgan fingerprint density at radius 3 is 2.59 bits per heavy atom. The summed E-state index contributed by atoms with van der Waals surface area (Å²) in [7, 11) is 0. The number of hydrogen-bond donors (Lipinski definition) is 1. The SMILES string of the molecule is O=C(Nc1ccc2c(c1)OCCCO2)C1CC1c1cccc(C(F)(F)F)c1. The van der Waals surface area contributed by atoms with Gasteiger partial charge in [-0.2, -0.15) is 13.2 Å². The molecule has 4 nitrogen and oxygen atoms in total. The van der Waals surface area contributed by atoms with Crippen LogP contribution < -0.4 is 14.8 Å². The lowest BCUT2D eigenvalue weighted by Crippen LogP contribution is -2.14. The molecule has 1 aliphatic carbocycles. The number of carbonyl (C=O) groups is 1. The van der Waals surface area contributed by atoms with E-state index in [0.717, 1.165) is 18.6 Å². The maximum Gasteiger partial charge on any atom is 0.416 e. The molecule has 2 unspecified atom stereocenters. The minimum atomic E-state index is -4.38. The van der Waals surface area contributed by atoms with Crippen molar-refractivity contribution < 1.29 is 27.4 Å². The van der Waals surface area contributed by atoms with Gasteiger partial charge in [0.05, 0.1) is 18.8 Å². The van der Waals surface area contributed by atoms with Crippen molar-refractivity contribution >= 4 is 11.6 Å². The van der Waals surface area contributed by atoms with E-state index in [1.165, 1.54) is 6.07 Å². The van der Waals surface area contributed by atoms with Crippen LogP contribution in [0.25, 0.3) is 0 Å². The van der Waals surface area contributed by atoms with Gasteiger partial charge in [0.25, 0.3) is 0 Å². The molecule has 1 fully saturated rings. The Morgan fingerprint density at radius 2 is 1.81 bits per heavy atom. The first-order valence-electron chi connectivity index (χ1n) is 8.79. The second-order valence-electron chi connectivity index (χ2n) is 6.77. The predicted octanol–water partition coefficient (Wildman–Crippen LogP) is 4.61. The number of hydrogen-bond acceptors (Lipinski definition) is 3. The number of benzene rings is 2. The molecule has 2 atom stereocenters. The molecule has 0 bridgehead atoms. The van der Waals surface area contributed by atoms with Crippen LogP contribution in [0.2, 0.25) is 0 Å². The van der Waals surface area contributed by atoms with E-state index in [9.17, 15) is 18.0 Å². The van der Waals surface area contributed by atoms with Crippen LogP contribution in [0.1, 0.15) is 29.9 Å². The van der Waals surface area contributed by atoms with E-state index in [1.807, 2.05) is 0 Å². The second kappa shape index (κ2) is 6.79. The first-order valence-corrected chi connectivity index (χ1v) is 8.79. The summed E-state index contributed by atoms with van der Waals surface area (Å²) in [5, 5.41) is 2.82. The maximum atomic E-state index is 12.9. The van der Waals surface area contributed by atoms with Gasteiger partial charge in [-0.15, -0.1) is 0 Å². The summed E-state index contributed by atoms with van der Waals surface area (Å²) < 4.78 is 49.7. The number of anilines is 1. The first-order chi connectivity index (χ1) is 12.9. The lowest BCUT2D eigenvalue weighted by molar-refractivity contribution is -0.137. The number of alkyl halides is 3. The Morgan fingerprint density at radius 1 is 1.04 bits per heavy atom. The minimum Gasteiger partial charge on any atom is -0.490 e. The van der Waals surface area contributed by atoms with Crippen molar-refractivity contribution in [3.63, 3.8) is 0 Å². The van der Waals surface area contributed by atoms with E-state index < -0.39 is 11.7 Å². The quantitative estimate of drug-likeness (QED) is 0.850. The molecular weight excluding hydrogens is 359 g/mol. The normalized spacial score (nSPS) is 21.3. The third kappa shape index (κ3) is 3.86. The number of fused-ring (bicyclic) bond motifs is 1. The number of carbonyl (C=O) groups excluding carboxylic acids is 1. The highest BCUT2D eigenvalue weighted by atomic mass is 19.4. The van der Waals surface area contributed by atoms with Crippen molar-refractivity contribution in [2.75, 3.05) is 18.5 Å². The molecule has 1 amide bonds. The van der Waals surface area contributed by atoms with Gasteiger partial charge in [0.1, 0.15) is 0 Å². The molecule has 1 saturated carbocycles. The highest BCUT2D eigenvalue weighted by Crippen LogP contribution is 2.49. The zero-order valence-electron chi connectivity index (χ0n) is 14.4. The average molecular weight is 377 g/mol. The van der Waals surface area contributed by atoms with Crippen molar-refractivity contribution in [2.24, 2.45) is 5.92 Å². The molecule has 4 rings (SSSR count). The third-order valence-corrected chi connectivity index (χ3v) is 4.78. The molecular formula is C20H18F3NO3. The van der Waals surface area contributed by atoms with Gasteiger partial charge in [0, 0.05) is 24.1 Å². The number of ether oxygens (including phenoxy) is 2. The van der Waals surface area contributed by atoms with E-state index in [4.69, 9.17) is 9.47 Å². The van der Waals surface area contributed by atoms with Gasteiger partial charge in [0.2, 0.25) is 5.91 Å². The van der Waals surface area contributed by atoms with Crippen molar-refractivity contribution in [3.05, 3.63) is 53.6 Å². The van der Waals surface area contributed by atoms with Crippen LogP contribution in [0, 0.1) is 5.92 Å². The van der Waals surface area contributed by atoms with E-state index in [1.54, 1.807) is 24.3 Å². The van der Waals surface area contributed by atoms with Crippen LogP contribution in [0.3, 0.4) is 0 Å². The zero-order chi connectivity index (χ0) is 19.0. The van der Waals surface area contributed by atoms with Crippen LogP contribution in [-0.2, 0) is 11.0 Å². The number of amides is 1. The smallest absolute Gasteiger partial charge is 0.416 e. The fourth-order valence-electron chi connectivity index (χ4n) is 3.27. The Labute approximate surface area is 154 Å². The number of nitrogens with one attached hydrogen (secondary N) is 1. The monoisotopic (exact) mass is 377 g/mol. The van der Waals surface area contributed by atoms with Crippen LogP contribution in [-0.4, -0.2) is 19.1 Å². The van der Waals surface area contributed by atoms with E-state index in [-0.39, 0.29) is 17.7 Å². The Kier molecular flexibility index (Phi) is 4.45. The lowest BCUT2D eigenvalue weighted by atomic mass is 10.1. The summed E-state index contributed by atoms with van der Waals surface area (Å²) in [6.45, 7) is 1.13. The fourth-order valence-corrected chi connectivity index (χ4v) is 3.27. The van der Waals surface area contributed by atoms with Gasteiger partial charge >= 0.3 is 6.18 Å². The summed E-state index contributed by atoms with van der Waals surface area (Å²) in [5.41, 5.74) is 0.441. The molecule has 0 saturated heterocycles. The molecule has 7 heteroatoms. The highest BCUT2D eigenvalue weighted by molar-refractivity contribution is 5.95. The lowest BCUT2D eigenvalue weighted by Gasteiger charge is -2.11. The van der Waals surface area contributed by atoms with Gasteiger partial charge < -0.3 is 14.8 Å². The predicted molar refractivity (Wildman–Crippen MR) is 93.0 cm³/mol. The van der Waals surface area contributed by atoms with Crippen LogP contribution in [0.4, 0.5) is 18.9 Å². The van der Waals surface area contributed by atoms with E-state index in [2.05, 4.69) is 5.32 Å². The summed E-state index contributed by atoms with van der Waals surface area (Å²) in [5.74, 6) is 0.498. The van der Waals surface area contributed by atoms with Gasteiger partial charge in [-0.3, -0.25) is 4.79 Å². The van der Waals surface area contributed by atoms with Gasteiger partial charge in [0.15, 0.2) is 11.5 Å². The van der Waals surface area contributed by atoms with Crippen LogP contribution in [0.5, 0.6) is 11.5 Å². The molecule has 0 spiro atoms. The summed E-state index contributed by atoms with van der Waals surface area (Å²) in [4.78, 5) is 12.5. The van der Waals surface area contributed by atoms with Crippen molar-refractivity contribution in [3.8, 4) is 11.5 Å². The zero-order valence-corrected chi connectivity index (χ0v) is 14.4. The molecule has 2 aliphatic rings. The number of halogens is 3. The molecule has 1 N–H and O–H groups in total. The van der Waals surface area contributed by atoms with E-state index >= 15 is 0 Å². The Balaban J connectivity index is 1.43. The molecule has 1 aliphatic heterocycles. The largest absolute Gasteiger partial charge is 0.490 e. The second-order valence-corrected chi connectivity index (χ2v) is 6.77. The molecule has 2 aromatic carbocycles. The molecule has 1 heterocycles. The first kappa shape index (κ1) is 17.7. The Hall–Kier alpha value is -2.70. The van der Waals surface area contributed by atoms with Gasteiger partial charge in [-0.25, -0.2) is 0 Å². The topological polar surface area (TPSA) is 47.6 Å². The van der Waals surface area contributed by atoms with Gasteiger partial charge in [-0.1, -0.05) is 18.2 Å². The molecule has 142 valence electrons. The summed E-state index contributed by atoms with van der Waals surface area (Å²) >= 11 is 0. The minimum absolute atomic E-state index is 0.187. The molecule has 2 aromatic rings. The standard InChI is InChI=1S/C20H18F3NO3/c21-20(22,23)13-4-1-3-12(9-13)15-11-16(15)19(25)24-14-5-6-17-18(10-14)27-8-2-7-26-17/h1,3-6,9-10,15-16H,2,7-8,11H2,(H,24,25). The van der Waals surface area contributed by atoms with Crippen molar-refractivity contribution in [1.82, 2.24) is 0 Å². The third-order valence-electron chi connectivity index (χ3n) is 4.78. The molecule has 0 aromatic heterocycles. The molecule has 0 radical (unpaired) electrons. The Bertz CT molecular complexity index is 866. The summed E-state index contributed by atoms with van der Waals surface area (Å²) in [6, 6.07) is 10.4. The van der Waals surface area contributed by atoms with Gasteiger partial charge in [-0.05, 0) is 36.1 Å².